The maximum absolute atomic E-state index is 12.5. The molecule has 1 heterocycles. The largest absolute Gasteiger partial charge is 0.398 e. The number of carbonyl (C=O) groups is 1. The van der Waals surface area contributed by atoms with Gasteiger partial charge in [0.05, 0.1) is 10.5 Å². The van der Waals surface area contributed by atoms with Gasteiger partial charge in [0.2, 0.25) is 0 Å². The van der Waals surface area contributed by atoms with Crippen LogP contribution < -0.4 is 5.73 Å². The average Bonchev–Trinajstić information content (AvgIpc) is 2.87. The first-order chi connectivity index (χ1) is 9.54. The number of nitro groups is 1. The first-order valence-corrected chi connectivity index (χ1v) is 7.77. The molecule has 0 aromatic heterocycles. The summed E-state index contributed by atoms with van der Waals surface area (Å²) in [5.41, 5.74) is 6.21. The van der Waals surface area contributed by atoms with E-state index >= 15 is 0 Å². The third-order valence-corrected chi connectivity index (χ3v) is 4.19. The molecule has 1 amide bonds. The van der Waals surface area contributed by atoms with Crippen LogP contribution in [0, 0.1) is 10.1 Å². The van der Waals surface area contributed by atoms with Crippen LogP contribution in [-0.2, 0) is 0 Å². The predicted octanol–water partition coefficient (Wildman–Crippen LogP) is 2.14. The summed E-state index contributed by atoms with van der Waals surface area (Å²) in [6, 6.07) is 4.20. The van der Waals surface area contributed by atoms with Crippen LogP contribution in [0.4, 0.5) is 11.4 Å². The molecule has 1 saturated heterocycles. The Kier molecular flexibility index (Phi) is 4.49. The van der Waals surface area contributed by atoms with Gasteiger partial charge in [-0.25, -0.2) is 0 Å². The Morgan fingerprint density at radius 2 is 2.35 bits per heavy atom. The number of hydrogen-bond donors (Lipinski definition) is 1. The van der Waals surface area contributed by atoms with Crippen molar-refractivity contribution < 1.29 is 9.72 Å². The third kappa shape index (κ3) is 2.87. The van der Waals surface area contributed by atoms with E-state index in [0.29, 0.717) is 6.54 Å². The summed E-state index contributed by atoms with van der Waals surface area (Å²) >= 11 is 1.69. The van der Waals surface area contributed by atoms with Gasteiger partial charge in [0.1, 0.15) is 0 Å². The van der Waals surface area contributed by atoms with Crippen molar-refractivity contribution in [2.75, 3.05) is 24.3 Å². The van der Waals surface area contributed by atoms with Gasteiger partial charge in [-0.1, -0.05) is 0 Å². The predicted molar refractivity (Wildman–Crippen MR) is 79.9 cm³/mol. The Morgan fingerprint density at radius 3 is 3.00 bits per heavy atom. The summed E-state index contributed by atoms with van der Waals surface area (Å²) in [5, 5.41) is 10.8. The van der Waals surface area contributed by atoms with Gasteiger partial charge in [0.25, 0.3) is 11.6 Å². The molecule has 1 aliphatic heterocycles. The van der Waals surface area contributed by atoms with Crippen molar-refractivity contribution >= 4 is 29.0 Å². The summed E-state index contributed by atoms with van der Waals surface area (Å²) in [4.78, 5) is 24.6. The molecular weight excluding hydrogens is 278 g/mol. The maximum atomic E-state index is 12.5. The zero-order valence-electron chi connectivity index (χ0n) is 11.2. The van der Waals surface area contributed by atoms with E-state index in [2.05, 4.69) is 0 Å². The lowest BCUT2D eigenvalue weighted by Gasteiger charge is -2.24. The van der Waals surface area contributed by atoms with Crippen LogP contribution in [0.1, 0.15) is 23.2 Å². The zero-order chi connectivity index (χ0) is 14.7. The number of nitrogens with zero attached hydrogens (tertiary/aromatic N) is 2. The van der Waals surface area contributed by atoms with Crippen molar-refractivity contribution in [3.63, 3.8) is 0 Å². The second-order valence-corrected chi connectivity index (χ2v) is 5.69. The highest BCUT2D eigenvalue weighted by Gasteiger charge is 2.30. The van der Waals surface area contributed by atoms with Crippen molar-refractivity contribution in [3.8, 4) is 0 Å². The van der Waals surface area contributed by atoms with E-state index in [-0.39, 0.29) is 28.9 Å². The minimum Gasteiger partial charge on any atom is -0.398 e. The fourth-order valence-corrected chi connectivity index (χ4v) is 3.20. The van der Waals surface area contributed by atoms with Gasteiger partial charge in [-0.2, -0.15) is 11.8 Å². The van der Waals surface area contributed by atoms with Crippen molar-refractivity contribution in [1.82, 2.24) is 4.90 Å². The highest BCUT2D eigenvalue weighted by molar-refractivity contribution is 7.98. The van der Waals surface area contributed by atoms with Crippen LogP contribution in [-0.4, -0.2) is 40.3 Å². The molecule has 108 valence electrons. The fraction of sp³-hybridized carbons (Fsp3) is 0.462. The molecule has 0 aliphatic carbocycles. The lowest BCUT2D eigenvalue weighted by atomic mass is 10.1. The van der Waals surface area contributed by atoms with Crippen LogP contribution in [0.15, 0.2) is 18.2 Å². The molecule has 1 atom stereocenters. The molecule has 0 radical (unpaired) electrons. The SMILES string of the molecule is CSCC1CCCN1C(=O)c1cc([N+](=O)[O-])ccc1N. The van der Waals surface area contributed by atoms with Crippen molar-refractivity contribution in [1.29, 1.82) is 0 Å². The number of hydrogen-bond acceptors (Lipinski definition) is 5. The number of non-ortho nitro benzene ring substituents is 1. The summed E-state index contributed by atoms with van der Waals surface area (Å²) in [6.45, 7) is 0.687. The Labute approximate surface area is 121 Å². The van der Waals surface area contributed by atoms with E-state index in [9.17, 15) is 14.9 Å². The Hall–Kier alpha value is -1.76. The zero-order valence-corrected chi connectivity index (χ0v) is 12.1. The summed E-state index contributed by atoms with van der Waals surface area (Å²) in [6.07, 6.45) is 3.94. The highest BCUT2D eigenvalue weighted by Crippen LogP contribution is 2.26. The molecule has 2 rings (SSSR count). The topological polar surface area (TPSA) is 89.5 Å². The number of rotatable bonds is 4. The number of likely N-dealkylation sites (tertiary alicyclic amines) is 1. The molecule has 20 heavy (non-hydrogen) atoms. The van der Waals surface area contributed by atoms with Crippen molar-refractivity contribution in [2.24, 2.45) is 0 Å². The number of nitrogen functional groups attached to an aromatic ring is 1. The summed E-state index contributed by atoms with van der Waals surface area (Å²) in [7, 11) is 0. The van der Waals surface area contributed by atoms with Gasteiger partial charge in [-0.15, -0.1) is 0 Å². The summed E-state index contributed by atoms with van der Waals surface area (Å²) < 4.78 is 0. The average molecular weight is 295 g/mol. The van der Waals surface area contributed by atoms with E-state index in [1.165, 1.54) is 18.2 Å². The Morgan fingerprint density at radius 1 is 1.60 bits per heavy atom. The quantitative estimate of drug-likeness (QED) is 0.522. The third-order valence-electron chi connectivity index (χ3n) is 3.48. The lowest BCUT2D eigenvalue weighted by molar-refractivity contribution is -0.384. The van der Waals surface area contributed by atoms with Crippen LogP contribution in [0.25, 0.3) is 0 Å². The van der Waals surface area contributed by atoms with Crippen LogP contribution in [0.2, 0.25) is 0 Å². The van der Waals surface area contributed by atoms with Crippen molar-refractivity contribution in [2.45, 2.75) is 18.9 Å². The second kappa shape index (κ2) is 6.13. The van der Waals surface area contributed by atoms with E-state index in [0.717, 1.165) is 18.6 Å². The van der Waals surface area contributed by atoms with Gasteiger partial charge in [-0.3, -0.25) is 14.9 Å². The van der Waals surface area contributed by atoms with Gasteiger partial charge < -0.3 is 10.6 Å². The Bertz CT molecular complexity index is 536. The molecule has 0 bridgehead atoms. The van der Waals surface area contributed by atoms with Gasteiger partial charge in [-0.05, 0) is 25.2 Å². The van der Waals surface area contributed by atoms with E-state index in [1.54, 1.807) is 16.7 Å². The monoisotopic (exact) mass is 295 g/mol. The molecule has 7 heteroatoms. The number of nitro benzene ring substituents is 1. The number of nitrogens with two attached hydrogens (primary N) is 1. The molecule has 1 aliphatic rings. The molecule has 6 nitrogen and oxygen atoms in total. The molecular formula is C13H17N3O3S. The number of anilines is 1. The molecule has 1 aromatic carbocycles. The normalized spacial score (nSPS) is 18.2. The standard InChI is InChI=1S/C13H17N3O3S/c1-20-8-10-3-2-6-15(10)13(17)11-7-9(16(18)19)4-5-12(11)14/h4-5,7,10H,2-3,6,8,14H2,1H3. The van der Waals surface area contributed by atoms with E-state index in [4.69, 9.17) is 5.73 Å². The van der Waals surface area contributed by atoms with E-state index in [1.807, 2.05) is 6.26 Å². The Balaban J connectivity index is 2.28. The maximum Gasteiger partial charge on any atom is 0.270 e. The molecule has 0 spiro atoms. The first-order valence-electron chi connectivity index (χ1n) is 6.38. The van der Waals surface area contributed by atoms with Crippen LogP contribution >= 0.6 is 11.8 Å². The number of benzene rings is 1. The lowest BCUT2D eigenvalue weighted by Crippen LogP contribution is -2.37. The van der Waals surface area contributed by atoms with E-state index < -0.39 is 4.92 Å². The second-order valence-electron chi connectivity index (χ2n) is 4.78. The molecule has 2 N–H and O–H groups in total. The van der Waals surface area contributed by atoms with Gasteiger partial charge >= 0.3 is 0 Å². The molecule has 1 aromatic rings. The summed E-state index contributed by atoms with van der Waals surface area (Å²) in [5.74, 6) is 0.670. The van der Waals surface area contributed by atoms with Crippen molar-refractivity contribution in [3.05, 3.63) is 33.9 Å². The minimum absolute atomic E-state index is 0.108. The first kappa shape index (κ1) is 14.6. The van der Waals surface area contributed by atoms with Crippen LogP contribution in [0.3, 0.4) is 0 Å². The fourth-order valence-electron chi connectivity index (χ4n) is 2.47. The highest BCUT2D eigenvalue weighted by atomic mass is 32.2. The smallest absolute Gasteiger partial charge is 0.270 e. The minimum atomic E-state index is -0.514. The number of thioether (sulfide) groups is 1. The van der Waals surface area contributed by atoms with Gasteiger partial charge in [0.15, 0.2) is 0 Å². The molecule has 0 saturated carbocycles. The van der Waals surface area contributed by atoms with Gasteiger partial charge in [0, 0.05) is 36.2 Å². The number of amides is 1. The van der Waals surface area contributed by atoms with Crippen LogP contribution in [0.5, 0.6) is 0 Å². The number of carbonyl (C=O) groups excluding carboxylic acids is 1. The molecule has 1 fully saturated rings. The molecule has 1 unspecified atom stereocenters.